The number of nitrogens with zero attached hydrogens (tertiary/aromatic N) is 8. The van der Waals surface area contributed by atoms with Crippen LogP contribution >= 0.6 is 0 Å². The van der Waals surface area contributed by atoms with Crippen molar-refractivity contribution in [2.45, 2.75) is 79.1 Å². The number of aliphatic carboxylic acids is 1. The van der Waals surface area contributed by atoms with Gasteiger partial charge in [0.1, 0.15) is 0 Å². The molecular formula is C20H34N8O9. The van der Waals surface area contributed by atoms with E-state index in [1.54, 1.807) is 0 Å². The van der Waals surface area contributed by atoms with Crippen molar-refractivity contribution in [2.24, 2.45) is 10.2 Å². The average Bonchev–Trinajstić information content (AvgIpc) is 3.29. The molecule has 17 nitrogen and oxygen atoms in total. The van der Waals surface area contributed by atoms with Gasteiger partial charge < -0.3 is 9.94 Å². The molecule has 2 aliphatic rings. The monoisotopic (exact) mass is 530 g/mol. The average molecular weight is 531 g/mol. The van der Waals surface area contributed by atoms with Gasteiger partial charge in [0.2, 0.25) is 0 Å². The van der Waals surface area contributed by atoms with Gasteiger partial charge in [0.15, 0.2) is 0 Å². The standard InChI is InChI=1S/C9H12N4O4.C5H9N3O2.C4H5NO3.2CH4/c10-12-11-6-2-1-3-9(16)17-13-7(14)4-5-8(13)15;6-8-7-4-2-1-3-5(9)10;6-3-1-2-4(7)5(3)8;;/h1-6H2;1-4H2,(H,9,10);8H,1-2H2;2*1H4. The molecule has 37 heavy (non-hydrogen) atoms. The van der Waals surface area contributed by atoms with Crippen LogP contribution in [0.25, 0.3) is 20.9 Å². The Kier molecular flexibility index (Phi) is 22.5. The largest absolute Gasteiger partial charge is 0.481 e. The number of carbonyl (C=O) groups is 6. The maximum absolute atomic E-state index is 11.3. The fraction of sp³-hybridized carbons (Fsp3) is 0.700. The van der Waals surface area contributed by atoms with Crippen LogP contribution in [0.15, 0.2) is 10.2 Å². The molecule has 2 saturated heterocycles. The number of carboxylic acids is 1. The molecule has 208 valence electrons. The molecule has 4 amide bonds. The molecule has 0 atom stereocenters. The second kappa shape index (κ2) is 22.3. The van der Waals surface area contributed by atoms with Crippen molar-refractivity contribution in [1.29, 1.82) is 0 Å². The summed E-state index contributed by atoms with van der Waals surface area (Å²) in [6.45, 7) is 0.704. The molecule has 0 aromatic carbocycles. The van der Waals surface area contributed by atoms with Crippen molar-refractivity contribution in [1.82, 2.24) is 10.1 Å². The molecule has 0 spiro atoms. The molecule has 0 saturated carbocycles. The van der Waals surface area contributed by atoms with Crippen LogP contribution in [0.1, 0.15) is 79.1 Å². The Morgan fingerprint density at radius 2 is 1.19 bits per heavy atom. The van der Waals surface area contributed by atoms with Crippen LogP contribution in [0.3, 0.4) is 0 Å². The van der Waals surface area contributed by atoms with Crippen LogP contribution < -0.4 is 0 Å². The number of unbranched alkanes of at least 4 members (excludes halogenated alkanes) is 2. The summed E-state index contributed by atoms with van der Waals surface area (Å²) in [5.74, 6) is -3.42. The summed E-state index contributed by atoms with van der Waals surface area (Å²) in [7, 11) is 0. The van der Waals surface area contributed by atoms with E-state index in [9.17, 15) is 28.8 Å². The summed E-state index contributed by atoms with van der Waals surface area (Å²) in [5.41, 5.74) is 15.8. The minimum Gasteiger partial charge on any atom is -0.481 e. The summed E-state index contributed by atoms with van der Waals surface area (Å²) in [6, 6.07) is 0. The van der Waals surface area contributed by atoms with Crippen LogP contribution in [0.5, 0.6) is 0 Å². The minimum atomic E-state index is -0.805. The summed E-state index contributed by atoms with van der Waals surface area (Å²) in [5, 5.41) is 23.8. The highest BCUT2D eigenvalue weighted by molar-refractivity contribution is 6.01. The quantitative estimate of drug-likeness (QED) is 0.0988. The molecule has 17 heteroatoms. The molecule has 2 rings (SSSR count). The van der Waals surface area contributed by atoms with Gasteiger partial charge in [0, 0.05) is 61.4 Å². The zero-order chi connectivity index (χ0) is 26.6. The molecular weight excluding hydrogens is 496 g/mol. The first kappa shape index (κ1) is 37.4. The Labute approximate surface area is 213 Å². The van der Waals surface area contributed by atoms with Crippen LogP contribution in [-0.2, 0) is 33.6 Å². The Bertz CT molecular complexity index is 847. The number of carboxylic acid groups (broad SMARTS) is 1. The summed E-state index contributed by atoms with van der Waals surface area (Å²) >= 11 is 0. The molecule has 2 N–H and O–H groups in total. The normalized spacial score (nSPS) is 13.4. The van der Waals surface area contributed by atoms with Gasteiger partial charge in [-0.1, -0.05) is 25.1 Å². The Hall–Kier alpha value is -4.20. The number of carbonyl (C=O) groups excluding carboxylic acids is 5. The Balaban J connectivity index is -0.000000496. The third-order valence-electron chi connectivity index (χ3n) is 4.14. The summed E-state index contributed by atoms with van der Waals surface area (Å²) in [4.78, 5) is 73.6. The van der Waals surface area contributed by atoms with E-state index in [0.29, 0.717) is 43.8 Å². The van der Waals surface area contributed by atoms with Crippen molar-refractivity contribution < 1.29 is 43.9 Å². The van der Waals surface area contributed by atoms with E-state index in [4.69, 9.17) is 21.4 Å². The van der Waals surface area contributed by atoms with Crippen molar-refractivity contribution in [3.8, 4) is 0 Å². The fourth-order valence-corrected chi connectivity index (χ4v) is 2.37. The third-order valence-corrected chi connectivity index (χ3v) is 4.14. The maximum atomic E-state index is 11.3. The predicted octanol–water partition coefficient (Wildman–Crippen LogP) is 3.42. The highest BCUT2D eigenvalue weighted by Gasteiger charge is 2.32. The Morgan fingerprint density at radius 1 is 0.784 bits per heavy atom. The molecule has 0 aliphatic carbocycles. The van der Waals surface area contributed by atoms with Crippen LogP contribution in [0, 0.1) is 0 Å². The van der Waals surface area contributed by atoms with Gasteiger partial charge in [-0.25, -0.2) is 4.79 Å². The van der Waals surface area contributed by atoms with Crippen LogP contribution in [0.2, 0.25) is 0 Å². The lowest BCUT2D eigenvalue weighted by atomic mass is 10.2. The first-order chi connectivity index (χ1) is 16.6. The van der Waals surface area contributed by atoms with E-state index >= 15 is 0 Å². The highest BCUT2D eigenvalue weighted by atomic mass is 16.7. The molecule has 0 aromatic rings. The number of azide groups is 2. The number of hydrogen-bond donors (Lipinski definition) is 2. The Morgan fingerprint density at radius 3 is 1.54 bits per heavy atom. The first-order valence-electron chi connectivity index (χ1n) is 10.5. The number of amides is 4. The van der Waals surface area contributed by atoms with Gasteiger partial charge in [-0.05, 0) is 36.7 Å². The molecule has 0 bridgehead atoms. The fourth-order valence-electron chi connectivity index (χ4n) is 2.37. The number of hydroxylamine groups is 4. The first-order valence-corrected chi connectivity index (χ1v) is 10.5. The summed E-state index contributed by atoms with van der Waals surface area (Å²) in [6.07, 6.45) is 2.97. The zero-order valence-electron chi connectivity index (χ0n) is 18.8. The second-order valence-corrected chi connectivity index (χ2v) is 6.86. The third kappa shape index (κ3) is 17.8. The van der Waals surface area contributed by atoms with Crippen molar-refractivity contribution in [3.05, 3.63) is 20.9 Å². The van der Waals surface area contributed by atoms with Gasteiger partial charge in [-0.2, -0.15) is 5.06 Å². The van der Waals surface area contributed by atoms with Gasteiger partial charge in [-0.3, -0.25) is 29.2 Å². The summed E-state index contributed by atoms with van der Waals surface area (Å²) < 4.78 is 0. The van der Waals surface area contributed by atoms with E-state index in [0.717, 1.165) is 0 Å². The number of rotatable bonds is 11. The molecule has 2 heterocycles. The van der Waals surface area contributed by atoms with E-state index in [1.807, 2.05) is 0 Å². The van der Waals surface area contributed by atoms with Gasteiger partial charge in [-0.15, -0.1) is 5.06 Å². The topological polar surface area (TPSA) is 256 Å². The molecule has 2 aliphatic heterocycles. The van der Waals surface area contributed by atoms with E-state index in [-0.39, 0.29) is 58.4 Å². The van der Waals surface area contributed by atoms with E-state index in [1.165, 1.54) is 0 Å². The maximum Gasteiger partial charge on any atom is 0.333 e. The number of hydrogen-bond acceptors (Lipinski definition) is 10. The SMILES string of the molecule is C.C.O=C1CCC(=O)N1O.[N-]=[N+]=NCCCCC(=O)O.[N-]=[N+]=NCCCCC(=O)ON1C(=O)CCC1=O. The lowest BCUT2D eigenvalue weighted by Crippen LogP contribution is -2.31. The van der Waals surface area contributed by atoms with Crippen molar-refractivity contribution >= 4 is 35.6 Å². The number of imide groups is 2. The zero-order valence-corrected chi connectivity index (χ0v) is 18.8. The van der Waals surface area contributed by atoms with Crippen molar-refractivity contribution in [2.75, 3.05) is 13.1 Å². The molecule has 2 fully saturated rings. The molecule has 0 aromatic heterocycles. The van der Waals surface area contributed by atoms with Crippen LogP contribution in [0.4, 0.5) is 0 Å². The van der Waals surface area contributed by atoms with Gasteiger partial charge in [0.25, 0.3) is 23.6 Å². The second-order valence-electron chi connectivity index (χ2n) is 6.86. The smallest absolute Gasteiger partial charge is 0.333 e. The van der Waals surface area contributed by atoms with Gasteiger partial charge >= 0.3 is 11.9 Å². The minimum absolute atomic E-state index is 0. The van der Waals surface area contributed by atoms with Gasteiger partial charge in [0.05, 0.1) is 0 Å². The predicted molar refractivity (Wildman–Crippen MR) is 127 cm³/mol. The van der Waals surface area contributed by atoms with Crippen LogP contribution in [-0.4, -0.2) is 69.1 Å². The lowest BCUT2D eigenvalue weighted by molar-refractivity contribution is -0.197. The molecule has 0 unspecified atom stereocenters. The van der Waals surface area contributed by atoms with Crippen molar-refractivity contribution in [3.63, 3.8) is 0 Å². The molecule has 0 radical (unpaired) electrons. The highest BCUT2D eigenvalue weighted by Crippen LogP contribution is 2.13. The van der Waals surface area contributed by atoms with E-state index < -0.39 is 35.6 Å². The van der Waals surface area contributed by atoms with E-state index in [2.05, 4.69) is 24.9 Å². The lowest BCUT2D eigenvalue weighted by Gasteiger charge is -2.12.